The summed E-state index contributed by atoms with van der Waals surface area (Å²) in [6.07, 6.45) is 2.88. The summed E-state index contributed by atoms with van der Waals surface area (Å²) in [6, 6.07) is -12.3. The molecule has 1 rings (SSSR count). The Balaban J connectivity index is 4.24. The third-order valence-electron chi connectivity index (χ3n) is 15.6. The number of likely N-dealkylation sites (N-methyl/N-ethyl adjacent to an activating group) is 7. The van der Waals surface area contributed by atoms with Gasteiger partial charge in [-0.05, 0) is 95.3 Å². The number of aliphatic hydroxyl groups is 1. The molecule has 1 heterocycles. The fraction of sp³-hybridized carbons (Fsp3) is 0.780. The maximum absolute atomic E-state index is 15.1. The molecular weight excluding hydrogens is 1050 g/mol. The summed E-state index contributed by atoms with van der Waals surface area (Å²) in [5, 5.41) is 22.8. The summed E-state index contributed by atoms with van der Waals surface area (Å²) in [5.74, 6) is -9.67. The van der Waals surface area contributed by atoms with Gasteiger partial charge in [-0.15, -0.1) is 0 Å². The predicted molar refractivity (Wildman–Crippen MR) is 315 cm³/mol. The molecule has 12 atom stereocenters. The van der Waals surface area contributed by atoms with Gasteiger partial charge in [0.1, 0.15) is 60.4 Å². The van der Waals surface area contributed by atoms with Crippen LogP contribution in [-0.4, -0.2) is 227 Å². The smallest absolute Gasteiger partial charge is 0.246 e. The molecule has 0 aromatic heterocycles. The maximum atomic E-state index is 15.1. The molecule has 0 aliphatic carbocycles. The van der Waals surface area contributed by atoms with E-state index in [0.29, 0.717) is 6.42 Å². The summed E-state index contributed by atoms with van der Waals surface area (Å²) in [4.78, 5) is 167. The zero-order valence-corrected chi connectivity index (χ0v) is 53.8. The lowest BCUT2D eigenvalue weighted by molar-refractivity contribution is -0.157. The van der Waals surface area contributed by atoms with Gasteiger partial charge in [-0.1, -0.05) is 95.2 Å². The highest BCUT2D eigenvalue weighted by atomic mass is 16.3. The van der Waals surface area contributed by atoms with Gasteiger partial charge >= 0.3 is 0 Å². The second kappa shape index (κ2) is 33.2. The minimum Gasteiger partial charge on any atom is -0.390 e. The molecular formula is C59H105N11O12. The first-order valence-corrected chi connectivity index (χ1v) is 29.2. The molecule has 1 aliphatic rings. The summed E-state index contributed by atoms with van der Waals surface area (Å²) in [6.45, 7) is 26.9. The second-order valence-corrected chi connectivity index (χ2v) is 24.6. The SMILES string of the molecule is C/C=C/C[C@@H](C)[C@@H](O)C1C(=O)N[C@@H](CC)C(=O)N(C)CC(=O)N(C)[C@@H](CC(C)C)C(=O)N[C@@H](C(C)C)C(=O)N(C)[C@@H](C)C(=O)N[C@@H](C)C(=O)N[C@H](C)C(=O)N(C)[C@H](CC(C)C)C(=O)N(C)[C@@H](CC(C)C)C(=O)N(C)[C@@H](C(C)C)C(=O)N1C. The normalized spacial score (nSPS) is 27.4. The highest BCUT2D eigenvalue weighted by Gasteiger charge is 2.45. The Morgan fingerprint density at radius 3 is 1.41 bits per heavy atom. The summed E-state index contributed by atoms with van der Waals surface area (Å²) in [7, 11) is 9.82. The minimum atomic E-state index is -1.61. The molecule has 0 spiro atoms. The van der Waals surface area contributed by atoms with Crippen LogP contribution in [0.3, 0.4) is 0 Å². The molecule has 468 valence electrons. The summed E-state index contributed by atoms with van der Waals surface area (Å²) in [5.41, 5.74) is 0. The summed E-state index contributed by atoms with van der Waals surface area (Å²) < 4.78 is 0. The van der Waals surface area contributed by atoms with Crippen molar-refractivity contribution in [3.8, 4) is 0 Å². The van der Waals surface area contributed by atoms with Crippen LogP contribution >= 0.6 is 0 Å². The first-order valence-electron chi connectivity index (χ1n) is 29.2. The molecule has 1 aliphatic heterocycles. The van der Waals surface area contributed by atoms with Crippen molar-refractivity contribution < 1.29 is 57.8 Å². The van der Waals surface area contributed by atoms with E-state index >= 15 is 9.59 Å². The number of allylic oxidation sites excluding steroid dienone is 2. The molecule has 0 aromatic carbocycles. The van der Waals surface area contributed by atoms with Crippen LogP contribution in [0.2, 0.25) is 0 Å². The Labute approximate surface area is 489 Å². The number of rotatable bonds is 13. The van der Waals surface area contributed by atoms with Crippen molar-refractivity contribution in [1.29, 1.82) is 0 Å². The lowest BCUT2D eigenvalue weighted by Crippen LogP contribution is -2.63. The average molecular weight is 1160 g/mol. The van der Waals surface area contributed by atoms with Crippen LogP contribution in [0, 0.1) is 35.5 Å². The number of carbonyl (C=O) groups is 11. The Hall–Kier alpha value is -6.13. The molecule has 1 unspecified atom stereocenters. The van der Waals surface area contributed by atoms with Crippen molar-refractivity contribution in [1.82, 2.24) is 55.6 Å². The van der Waals surface area contributed by atoms with E-state index in [1.165, 1.54) is 89.7 Å². The van der Waals surface area contributed by atoms with Gasteiger partial charge in [0.2, 0.25) is 65.0 Å². The topological polar surface area (TPSA) is 279 Å². The molecule has 1 fully saturated rings. The number of carbonyl (C=O) groups excluding carboxylic acids is 11. The number of nitrogens with one attached hydrogen (secondary N) is 4. The number of amides is 11. The molecule has 23 nitrogen and oxygen atoms in total. The standard InChI is InChI=1S/C59H105N11O12/c1-24-26-27-37(13)49(72)48-53(76)62-41(25-2)55(78)64(17)31-45(71)66(19)42(28-32(3)4)52(75)63-46(35(9)10)58(81)65(18)40(16)51(74)60-38(14)50(73)61-39(15)54(77)67(20)43(29-33(5)6)56(79)68(21)44(30-34(7)8)57(80)69(22)47(36(11)12)59(82)70(48)23/h24,26,32-44,46-49,72H,25,27-31H2,1-23H3,(H,60,74)(H,61,73)(H,62,76)(H,63,75)/b26-24+/t37-,38+,39-,40+,41+,42+,43-,44+,46+,47+,48?,49-/m1/s1. The van der Waals surface area contributed by atoms with E-state index in [0.717, 1.165) is 14.7 Å². The van der Waals surface area contributed by atoms with Crippen molar-refractivity contribution in [2.45, 2.75) is 209 Å². The lowest BCUT2D eigenvalue weighted by atomic mass is 9.91. The van der Waals surface area contributed by atoms with Crippen LogP contribution in [0.1, 0.15) is 143 Å². The van der Waals surface area contributed by atoms with Gasteiger partial charge in [0.05, 0.1) is 12.6 Å². The molecule has 11 amide bonds. The molecule has 1 saturated heterocycles. The molecule has 82 heavy (non-hydrogen) atoms. The van der Waals surface area contributed by atoms with Crippen LogP contribution < -0.4 is 21.3 Å². The van der Waals surface area contributed by atoms with Crippen LogP contribution in [0.5, 0.6) is 0 Å². The first-order chi connectivity index (χ1) is 37.8. The van der Waals surface area contributed by atoms with Gasteiger partial charge in [-0.2, -0.15) is 0 Å². The number of aliphatic hydroxyl groups excluding tert-OH is 1. The monoisotopic (exact) mass is 1160 g/mol. The van der Waals surface area contributed by atoms with E-state index in [2.05, 4.69) is 21.3 Å². The van der Waals surface area contributed by atoms with Crippen molar-refractivity contribution in [2.75, 3.05) is 55.9 Å². The fourth-order valence-electron chi connectivity index (χ4n) is 10.0. The zero-order chi connectivity index (χ0) is 63.7. The lowest BCUT2D eigenvalue weighted by Gasteiger charge is -2.41. The minimum absolute atomic E-state index is 0.0235. The predicted octanol–water partition coefficient (Wildman–Crippen LogP) is 2.24. The van der Waals surface area contributed by atoms with Gasteiger partial charge in [0.15, 0.2) is 0 Å². The maximum Gasteiger partial charge on any atom is 0.246 e. The molecule has 0 saturated carbocycles. The number of hydrogen-bond donors (Lipinski definition) is 5. The van der Waals surface area contributed by atoms with E-state index < -0.39 is 156 Å². The van der Waals surface area contributed by atoms with Crippen molar-refractivity contribution in [3.63, 3.8) is 0 Å². The first kappa shape index (κ1) is 73.9. The molecule has 0 aromatic rings. The van der Waals surface area contributed by atoms with Crippen LogP contribution in [0.15, 0.2) is 12.2 Å². The van der Waals surface area contributed by atoms with E-state index in [1.54, 1.807) is 60.6 Å². The molecule has 23 heteroatoms. The number of hydrogen-bond acceptors (Lipinski definition) is 12. The van der Waals surface area contributed by atoms with Gasteiger partial charge < -0.3 is 60.7 Å². The highest BCUT2D eigenvalue weighted by molar-refractivity contribution is 5.99. The third-order valence-corrected chi connectivity index (χ3v) is 15.6. The fourth-order valence-corrected chi connectivity index (χ4v) is 10.0. The zero-order valence-electron chi connectivity index (χ0n) is 53.8. The Kier molecular flexibility index (Phi) is 29.9. The average Bonchev–Trinajstić information content (AvgIpc) is 3.40. The Morgan fingerprint density at radius 2 is 0.951 bits per heavy atom. The van der Waals surface area contributed by atoms with Crippen LogP contribution in [-0.2, 0) is 52.7 Å². The van der Waals surface area contributed by atoms with Gasteiger partial charge in [0.25, 0.3) is 0 Å². The van der Waals surface area contributed by atoms with Crippen molar-refractivity contribution in [3.05, 3.63) is 12.2 Å². The Bertz CT molecular complexity index is 2260. The quantitative estimate of drug-likeness (QED) is 0.166. The van der Waals surface area contributed by atoms with E-state index in [9.17, 15) is 48.3 Å². The highest BCUT2D eigenvalue weighted by Crippen LogP contribution is 2.25. The molecule has 0 radical (unpaired) electrons. The van der Waals surface area contributed by atoms with Crippen molar-refractivity contribution >= 4 is 65.0 Å². The van der Waals surface area contributed by atoms with E-state index in [4.69, 9.17) is 0 Å². The van der Waals surface area contributed by atoms with Crippen LogP contribution in [0.25, 0.3) is 0 Å². The van der Waals surface area contributed by atoms with Crippen LogP contribution in [0.4, 0.5) is 0 Å². The van der Waals surface area contributed by atoms with E-state index in [1.807, 2.05) is 41.5 Å². The molecule has 0 bridgehead atoms. The van der Waals surface area contributed by atoms with Gasteiger partial charge in [0, 0.05) is 49.3 Å². The van der Waals surface area contributed by atoms with Gasteiger partial charge in [-0.3, -0.25) is 52.7 Å². The van der Waals surface area contributed by atoms with Crippen molar-refractivity contribution in [2.24, 2.45) is 35.5 Å². The Morgan fingerprint density at radius 1 is 0.488 bits per heavy atom. The van der Waals surface area contributed by atoms with Gasteiger partial charge in [-0.25, -0.2) is 0 Å². The second-order valence-electron chi connectivity index (χ2n) is 24.6. The number of nitrogens with zero attached hydrogens (tertiary/aromatic N) is 7. The largest absolute Gasteiger partial charge is 0.390 e. The third kappa shape index (κ3) is 20.1. The molecule has 5 N–H and O–H groups in total. The summed E-state index contributed by atoms with van der Waals surface area (Å²) >= 11 is 0. The van der Waals surface area contributed by atoms with E-state index in [-0.39, 0.29) is 43.4 Å².